The summed E-state index contributed by atoms with van der Waals surface area (Å²) in [6, 6.07) is 8.81. The first-order valence-electron chi connectivity index (χ1n) is 8.48. The van der Waals surface area contributed by atoms with Crippen LogP contribution in [0, 0.1) is 0 Å². The SMILES string of the molecule is COc1ccc(OC)c([C@H](C)NC(=O)CSc2nnc(-c3cccnc3)o2)c1. The van der Waals surface area contributed by atoms with E-state index in [-0.39, 0.29) is 17.7 Å². The second kappa shape index (κ2) is 9.23. The minimum absolute atomic E-state index is 0.144. The number of aromatic nitrogens is 3. The summed E-state index contributed by atoms with van der Waals surface area (Å²) in [7, 11) is 3.18. The van der Waals surface area contributed by atoms with E-state index in [1.54, 1.807) is 32.7 Å². The summed E-state index contributed by atoms with van der Waals surface area (Å²) in [5, 5.41) is 11.2. The molecule has 0 spiro atoms. The topological polar surface area (TPSA) is 99.4 Å². The van der Waals surface area contributed by atoms with E-state index < -0.39 is 0 Å². The van der Waals surface area contributed by atoms with Crippen molar-refractivity contribution in [3.8, 4) is 23.0 Å². The standard InChI is InChI=1S/C19H20N4O4S/c1-12(15-9-14(25-2)6-7-16(15)26-3)21-17(24)11-28-19-23-22-18(27-19)13-5-4-8-20-10-13/h4-10,12H,11H2,1-3H3,(H,21,24)/t12-/m0/s1. The van der Waals surface area contributed by atoms with E-state index >= 15 is 0 Å². The molecule has 146 valence electrons. The van der Waals surface area contributed by atoms with Crippen LogP contribution in [0.1, 0.15) is 18.5 Å². The van der Waals surface area contributed by atoms with Crippen LogP contribution >= 0.6 is 11.8 Å². The maximum atomic E-state index is 12.3. The van der Waals surface area contributed by atoms with Gasteiger partial charge in [-0.25, -0.2) is 0 Å². The van der Waals surface area contributed by atoms with Crippen LogP contribution in [0.4, 0.5) is 0 Å². The van der Waals surface area contributed by atoms with Gasteiger partial charge in [0.1, 0.15) is 11.5 Å². The van der Waals surface area contributed by atoms with Gasteiger partial charge in [0.25, 0.3) is 5.22 Å². The quantitative estimate of drug-likeness (QED) is 0.576. The number of pyridine rings is 1. The van der Waals surface area contributed by atoms with Crippen LogP contribution in [0.5, 0.6) is 11.5 Å². The number of ether oxygens (including phenoxy) is 2. The van der Waals surface area contributed by atoms with Gasteiger partial charge in [-0.1, -0.05) is 11.8 Å². The third-order valence-electron chi connectivity index (χ3n) is 3.92. The lowest BCUT2D eigenvalue weighted by molar-refractivity contribution is -0.119. The molecule has 2 aromatic heterocycles. The normalized spacial score (nSPS) is 11.7. The zero-order valence-corrected chi connectivity index (χ0v) is 16.5. The van der Waals surface area contributed by atoms with E-state index in [1.165, 1.54) is 11.8 Å². The Kier molecular flexibility index (Phi) is 6.49. The van der Waals surface area contributed by atoms with Crippen molar-refractivity contribution >= 4 is 17.7 Å². The number of carbonyl (C=O) groups is 1. The molecule has 1 aromatic carbocycles. The molecule has 1 N–H and O–H groups in total. The minimum Gasteiger partial charge on any atom is -0.497 e. The summed E-state index contributed by atoms with van der Waals surface area (Å²) in [5.74, 6) is 1.72. The fourth-order valence-electron chi connectivity index (χ4n) is 2.54. The molecule has 8 nitrogen and oxygen atoms in total. The molecule has 0 aliphatic heterocycles. The van der Waals surface area contributed by atoms with E-state index in [0.717, 1.165) is 11.1 Å². The number of amides is 1. The first-order chi connectivity index (χ1) is 13.6. The largest absolute Gasteiger partial charge is 0.497 e. The Morgan fingerprint density at radius 2 is 2.11 bits per heavy atom. The van der Waals surface area contributed by atoms with Crippen molar-refractivity contribution in [2.45, 2.75) is 18.2 Å². The van der Waals surface area contributed by atoms with E-state index in [2.05, 4.69) is 20.5 Å². The second-order valence-electron chi connectivity index (χ2n) is 5.80. The summed E-state index contributed by atoms with van der Waals surface area (Å²) in [5.41, 5.74) is 1.56. The average molecular weight is 400 g/mol. The lowest BCUT2D eigenvalue weighted by Crippen LogP contribution is -2.28. The van der Waals surface area contributed by atoms with E-state index in [9.17, 15) is 4.79 Å². The Labute approximate surface area is 166 Å². The number of rotatable bonds is 8. The van der Waals surface area contributed by atoms with Crippen molar-refractivity contribution in [2.75, 3.05) is 20.0 Å². The smallest absolute Gasteiger partial charge is 0.277 e. The Bertz CT molecular complexity index is 933. The number of hydrogen-bond acceptors (Lipinski definition) is 8. The van der Waals surface area contributed by atoms with Gasteiger partial charge in [0.2, 0.25) is 11.8 Å². The Balaban J connectivity index is 1.58. The number of carbonyl (C=O) groups excluding carboxylic acids is 1. The molecule has 0 saturated carbocycles. The van der Waals surface area contributed by atoms with Crippen LogP contribution in [0.2, 0.25) is 0 Å². The molecular weight excluding hydrogens is 380 g/mol. The number of thioether (sulfide) groups is 1. The number of nitrogens with one attached hydrogen (secondary N) is 1. The average Bonchev–Trinajstić information content (AvgIpc) is 3.21. The van der Waals surface area contributed by atoms with Crippen LogP contribution in [-0.4, -0.2) is 41.1 Å². The highest BCUT2D eigenvalue weighted by molar-refractivity contribution is 7.99. The van der Waals surface area contributed by atoms with E-state index in [4.69, 9.17) is 13.9 Å². The molecule has 3 aromatic rings. The number of nitrogens with zero attached hydrogens (tertiary/aromatic N) is 3. The number of methoxy groups -OCH3 is 2. The van der Waals surface area contributed by atoms with E-state index in [1.807, 2.05) is 31.2 Å². The highest BCUT2D eigenvalue weighted by Crippen LogP contribution is 2.29. The first kappa shape index (κ1) is 19.7. The Morgan fingerprint density at radius 1 is 1.25 bits per heavy atom. The van der Waals surface area contributed by atoms with Gasteiger partial charge in [-0.2, -0.15) is 0 Å². The molecule has 2 heterocycles. The van der Waals surface area contributed by atoms with Crippen LogP contribution in [-0.2, 0) is 4.79 Å². The maximum absolute atomic E-state index is 12.3. The Morgan fingerprint density at radius 3 is 2.82 bits per heavy atom. The van der Waals surface area contributed by atoms with Crippen molar-refractivity contribution in [2.24, 2.45) is 0 Å². The third-order valence-corrected chi connectivity index (χ3v) is 4.74. The van der Waals surface area contributed by atoms with Crippen LogP contribution in [0.15, 0.2) is 52.4 Å². The van der Waals surface area contributed by atoms with Crippen LogP contribution in [0.3, 0.4) is 0 Å². The summed E-state index contributed by atoms with van der Waals surface area (Å²) < 4.78 is 16.2. The van der Waals surface area contributed by atoms with Crippen molar-refractivity contribution in [3.63, 3.8) is 0 Å². The lowest BCUT2D eigenvalue weighted by Gasteiger charge is -2.18. The van der Waals surface area contributed by atoms with Crippen molar-refractivity contribution in [1.29, 1.82) is 0 Å². The molecule has 1 amide bonds. The lowest BCUT2D eigenvalue weighted by atomic mass is 10.1. The third kappa shape index (κ3) is 4.80. The van der Waals surface area contributed by atoms with Crippen molar-refractivity contribution in [3.05, 3.63) is 48.3 Å². The minimum atomic E-state index is -0.258. The first-order valence-corrected chi connectivity index (χ1v) is 9.47. The van der Waals surface area contributed by atoms with Crippen LogP contribution in [0.25, 0.3) is 11.5 Å². The summed E-state index contributed by atoms with van der Waals surface area (Å²) in [6.45, 7) is 1.88. The molecule has 1 atom stereocenters. The zero-order chi connectivity index (χ0) is 19.9. The Hall–Kier alpha value is -3.07. The number of hydrogen-bond donors (Lipinski definition) is 1. The maximum Gasteiger partial charge on any atom is 0.277 e. The molecule has 3 rings (SSSR count). The molecule has 0 aliphatic rings. The molecule has 28 heavy (non-hydrogen) atoms. The molecule has 0 radical (unpaired) electrons. The molecule has 0 bridgehead atoms. The molecule has 0 fully saturated rings. The monoisotopic (exact) mass is 400 g/mol. The van der Waals surface area contributed by atoms with E-state index in [0.29, 0.717) is 22.6 Å². The van der Waals surface area contributed by atoms with Gasteiger partial charge in [0.05, 0.1) is 31.6 Å². The van der Waals surface area contributed by atoms with Gasteiger partial charge < -0.3 is 19.2 Å². The zero-order valence-electron chi connectivity index (χ0n) is 15.7. The molecule has 0 unspecified atom stereocenters. The van der Waals surface area contributed by atoms with Gasteiger partial charge in [0.15, 0.2) is 0 Å². The fraction of sp³-hybridized carbons (Fsp3) is 0.263. The van der Waals surface area contributed by atoms with Gasteiger partial charge in [0, 0.05) is 18.0 Å². The van der Waals surface area contributed by atoms with Crippen molar-refractivity contribution < 1.29 is 18.7 Å². The highest BCUT2D eigenvalue weighted by atomic mass is 32.2. The van der Waals surface area contributed by atoms with Crippen LogP contribution < -0.4 is 14.8 Å². The van der Waals surface area contributed by atoms with Gasteiger partial charge >= 0.3 is 0 Å². The molecule has 0 aliphatic carbocycles. The second-order valence-corrected chi connectivity index (χ2v) is 6.73. The molecule has 0 saturated heterocycles. The highest BCUT2D eigenvalue weighted by Gasteiger charge is 2.17. The molecular formula is C19H20N4O4S. The fourth-order valence-corrected chi connectivity index (χ4v) is 3.11. The van der Waals surface area contributed by atoms with Crippen molar-refractivity contribution in [1.82, 2.24) is 20.5 Å². The number of benzene rings is 1. The molecule has 9 heteroatoms. The predicted molar refractivity (Wildman–Crippen MR) is 104 cm³/mol. The summed E-state index contributed by atoms with van der Waals surface area (Å²) in [4.78, 5) is 16.3. The predicted octanol–water partition coefficient (Wildman–Crippen LogP) is 3.12. The summed E-state index contributed by atoms with van der Waals surface area (Å²) >= 11 is 1.17. The van der Waals surface area contributed by atoms with Gasteiger partial charge in [-0.05, 0) is 37.3 Å². The summed E-state index contributed by atoms with van der Waals surface area (Å²) in [6.07, 6.45) is 3.30. The van der Waals surface area contributed by atoms with Gasteiger partial charge in [-0.3, -0.25) is 9.78 Å². The van der Waals surface area contributed by atoms with Gasteiger partial charge in [-0.15, -0.1) is 10.2 Å².